The van der Waals surface area contributed by atoms with Crippen LogP contribution in [-0.4, -0.2) is 31.6 Å². The van der Waals surface area contributed by atoms with Gasteiger partial charge in [0.1, 0.15) is 12.4 Å². The summed E-state index contributed by atoms with van der Waals surface area (Å²) in [5, 5.41) is 0. The van der Waals surface area contributed by atoms with Gasteiger partial charge in [-0.15, -0.1) is 0 Å². The lowest BCUT2D eigenvalue weighted by atomic mass is 10.0. The number of hydrogen-bond acceptors (Lipinski definition) is 2. The number of nitrogens with zero attached hydrogens (tertiary/aromatic N) is 1. The van der Waals surface area contributed by atoms with Gasteiger partial charge < -0.3 is 9.64 Å². The SMILES string of the molecule is CN(C)C1COc2cc(Br)ccc2C1. The summed E-state index contributed by atoms with van der Waals surface area (Å²) in [4.78, 5) is 2.21. The van der Waals surface area contributed by atoms with Crippen molar-refractivity contribution in [3.63, 3.8) is 0 Å². The molecule has 0 aliphatic carbocycles. The molecule has 1 aliphatic heterocycles. The van der Waals surface area contributed by atoms with Gasteiger partial charge in [0.25, 0.3) is 0 Å². The fraction of sp³-hybridized carbons (Fsp3) is 0.455. The summed E-state index contributed by atoms with van der Waals surface area (Å²) in [6.07, 6.45) is 1.08. The van der Waals surface area contributed by atoms with Crippen LogP contribution in [0.3, 0.4) is 0 Å². The third kappa shape index (κ3) is 1.93. The third-order valence-corrected chi connectivity index (χ3v) is 3.14. The van der Waals surface area contributed by atoms with E-state index in [9.17, 15) is 0 Å². The van der Waals surface area contributed by atoms with Gasteiger partial charge in [0.05, 0.1) is 0 Å². The second-order valence-corrected chi connectivity index (χ2v) is 4.80. The van der Waals surface area contributed by atoms with Crippen LogP contribution in [0.2, 0.25) is 0 Å². The summed E-state index contributed by atoms with van der Waals surface area (Å²) in [6, 6.07) is 6.75. The summed E-state index contributed by atoms with van der Waals surface area (Å²) in [5.41, 5.74) is 1.30. The van der Waals surface area contributed by atoms with Gasteiger partial charge in [-0.1, -0.05) is 22.0 Å². The summed E-state index contributed by atoms with van der Waals surface area (Å²) < 4.78 is 6.79. The molecule has 0 saturated heterocycles. The highest BCUT2D eigenvalue weighted by Crippen LogP contribution is 2.28. The smallest absolute Gasteiger partial charge is 0.123 e. The molecule has 2 rings (SSSR count). The monoisotopic (exact) mass is 255 g/mol. The third-order valence-electron chi connectivity index (χ3n) is 2.65. The van der Waals surface area contributed by atoms with E-state index in [-0.39, 0.29) is 0 Å². The maximum absolute atomic E-state index is 5.71. The van der Waals surface area contributed by atoms with E-state index in [0.717, 1.165) is 23.2 Å². The van der Waals surface area contributed by atoms with E-state index in [2.05, 4.69) is 47.1 Å². The fourth-order valence-electron chi connectivity index (χ4n) is 1.66. The molecule has 0 amide bonds. The molecule has 1 heterocycles. The Hall–Kier alpha value is -0.540. The second kappa shape index (κ2) is 3.91. The predicted octanol–water partition coefficient (Wildman–Crippen LogP) is 2.31. The summed E-state index contributed by atoms with van der Waals surface area (Å²) >= 11 is 3.44. The minimum absolute atomic E-state index is 0.503. The minimum Gasteiger partial charge on any atom is -0.492 e. The van der Waals surface area contributed by atoms with Crippen molar-refractivity contribution in [2.75, 3.05) is 20.7 Å². The Labute approximate surface area is 93.0 Å². The Morgan fingerprint density at radius 3 is 2.93 bits per heavy atom. The van der Waals surface area contributed by atoms with E-state index in [0.29, 0.717) is 6.04 Å². The molecule has 1 atom stereocenters. The van der Waals surface area contributed by atoms with Gasteiger partial charge in [-0.05, 0) is 38.2 Å². The Morgan fingerprint density at radius 2 is 2.21 bits per heavy atom. The van der Waals surface area contributed by atoms with Crippen molar-refractivity contribution >= 4 is 15.9 Å². The van der Waals surface area contributed by atoms with E-state index in [4.69, 9.17) is 4.74 Å². The van der Waals surface area contributed by atoms with Crippen molar-refractivity contribution < 1.29 is 4.74 Å². The number of hydrogen-bond donors (Lipinski definition) is 0. The number of halogens is 1. The van der Waals surface area contributed by atoms with Gasteiger partial charge in [0.2, 0.25) is 0 Å². The zero-order valence-corrected chi connectivity index (χ0v) is 10.0. The normalized spacial score (nSPS) is 20.4. The Balaban J connectivity index is 2.23. The van der Waals surface area contributed by atoms with Crippen molar-refractivity contribution in [3.05, 3.63) is 28.2 Å². The molecule has 2 nitrogen and oxygen atoms in total. The van der Waals surface area contributed by atoms with Gasteiger partial charge in [-0.25, -0.2) is 0 Å². The first-order chi connectivity index (χ1) is 6.66. The Kier molecular flexibility index (Phi) is 2.79. The van der Waals surface area contributed by atoms with E-state index < -0.39 is 0 Å². The van der Waals surface area contributed by atoms with E-state index in [1.165, 1.54) is 5.56 Å². The fourth-order valence-corrected chi connectivity index (χ4v) is 2.00. The molecule has 0 N–H and O–H groups in total. The highest BCUT2D eigenvalue weighted by molar-refractivity contribution is 9.10. The Morgan fingerprint density at radius 1 is 1.43 bits per heavy atom. The molecule has 0 fully saturated rings. The first kappa shape index (κ1) is 9.99. The van der Waals surface area contributed by atoms with E-state index in [1.54, 1.807) is 0 Å². The van der Waals surface area contributed by atoms with Crippen LogP contribution in [0.4, 0.5) is 0 Å². The second-order valence-electron chi connectivity index (χ2n) is 3.88. The molecule has 1 unspecified atom stereocenters. The molecule has 0 saturated carbocycles. The molecule has 76 valence electrons. The molecule has 1 aromatic carbocycles. The molecule has 0 spiro atoms. The van der Waals surface area contributed by atoms with Crippen LogP contribution >= 0.6 is 15.9 Å². The summed E-state index contributed by atoms with van der Waals surface area (Å²) in [5.74, 6) is 1.03. The summed E-state index contributed by atoms with van der Waals surface area (Å²) in [6.45, 7) is 0.788. The quantitative estimate of drug-likeness (QED) is 0.764. The zero-order chi connectivity index (χ0) is 10.1. The van der Waals surface area contributed by atoms with Crippen molar-refractivity contribution in [3.8, 4) is 5.75 Å². The summed E-state index contributed by atoms with van der Waals surface area (Å²) in [7, 11) is 4.19. The molecule has 14 heavy (non-hydrogen) atoms. The van der Waals surface area contributed by atoms with Crippen LogP contribution < -0.4 is 4.74 Å². The topological polar surface area (TPSA) is 12.5 Å². The zero-order valence-electron chi connectivity index (χ0n) is 8.46. The van der Waals surface area contributed by atoms with Crippen LogP contribution in [0, 0.1) is 0 Å². The van der Waals surface area contributed by atoms with Crippen LogP contribution in [0.15, 0.2) is 22.7 Å². The van der Waals surface area contributed by atoms with Gasteiger partial charge in [-0.2, -0.15) is 0 Å². The minimum atomic E-state index is 0.503. The number of likely N-dealkylation sites (N-methyl/N-ethyl adjacent to an activating group) is 1. The maximum atomic E-state index is 5.71. The lowest BCUT2D eigenvalue weighted by Gasteiger charge is -2.30. The van der Waals surface area contributed by atoms with Crippen molar-refractivity contribution in [2.24, 2.45) is 0 Å². The van der Waals surface area contributed by atoms with Crippen LogP contribution in [0.5, 0.6) is 5.75 Å². The van der Waals surface area contributed by atoms with Gasteiger partial charge in [-0.3, -0.25) is 0 Å². The highest BCUT2D eigenvalue weighted by atomic mass is 79.9. The molecule has 1 aromatic rings. The standard InChI is InChI=1S/C11H14BrNO/c1-13(2)10-5-8-3-4-9(12)6-11(8)14-7-10/h3-4,6,10H,5,7H2,1-2H3. The largest absolute Gasteiger partial charge is 0.492 e. The lowest BCUT2D eigenvalue weighted by molar-refractivity contribution is 0.165. The average molecular weight is 256 g/mol. The van der Waals surface area contributed by atoms with Crippen LogP contribution in [0.1, 0.15) is 5.56 Å². The Bertz CT molecular complexity index is 338. The molecule has 0 radical (unpaired) electrons. The van der Waals surface area contributed by atoms with Crippen molar-refractivity contribution in [1.29, 1.82) is 0 Å². The number of benzene rings is 1. The van der Waals surface area contributed by atoms with Gasteiger partial charge >= 0.3 is 0 Å². The van der Waals surface area contributed by atoms with E-state index >= 15 is 0 Å². The van der Waals surface area contributed by atoms with Crippen LogP contribution in [-0.2, 0) is 6.42 Å². The van der Waals surface area contributed by atoms with Crippen molar-refractivity contribution in [1.82, 2.24) is 4.90 Å². The first-order valence-electron chi connectivity index (χ1n) is 4.74. The average Bonchev–Trinajstić information content (AvgIpc) is 2.16. The molecular formula is C11H14BrNO. The molecular weight excluding hydrogens is 242 g/mol. The van der Waals surface area contributed by atoms with Gasteiger partial charge in [0.15, 0.2) is 0 Å². The maximum Gasteiger partial charge on any atom is 0.123 e. The molecule has 0 aromatic heterocycles. The molecule has 1 aliphatic rings. The predicted molar refractivity (Wildman–Crippen MR) is 60.8 cm³/mol. The first-order valence-corrected chi connectivity index (χ1v) is 5.54. The highest BCUT2D eigenvalue weighted by Gasteiger charge is 2.21. The lowest BCUT2D eigenvalue weighted by Crippen LogP contribution is -2.38. The number of fused-ring (bicyclic) bond motifs is 1. The van der Waals surface area contributed by atoms with Gasteiger partial charge in [0, 0.05) is 10.5 Å². The van der Waals surface area contributed by atoms with E-state index in [1.807, 2.05) is 6.07 Å². The van der Waals surface area contributed by atoms with Crippen molar-refractivity contribution in [2.45, 2.75) is 12.5 Å². The molecule has 0 bridgehead atoms. The number of ether oxygens (including phenoxy) is 1. The number of rotatable bonds is 1. The molecule has 3 heteroatoms. The van der Waals surface area contributed by atoms with Crippen LogP contribution in [0.25, 0.3) is 0 Å².